The highest BCUT2D eigenvalue weighted by Gasteiger charge is 2.40. The molecule has 14 heteroatoms. The maximum Gasteiger partial charge on any atom is 0.255 e. The maximum atomic E-state index is 13.0. The molecule has 11 nitrogen and oxygen atoms in total. The summed E-state index contributed by atoms with van der Waals surface area (Å²) in [6.45, 7) is 4.29. The van der Waals surface area contributed by atoms with Crippen LogP contribution in [0.25, 0.3) is 0 Å². The molecule has 4 aromatic rings. The van der Waals surface area contributed by atoms with Gasteiger partial charge < -0.3 is 30.2 Å². The first-order valence-electron chi connectivity index (χ1n) is 21.2. The van der Waals surface area contributed by atoms with E-state index in [9.17, 15) is 44.0 Å². The number of aliphatic hydroxyl groups excluding tert-OH is 4. The number of Topliss-reactive ketones (excluding diaryl/α,β-unsaturated/α-hetero) is 2. The molecule has 65 heavy (non-hydrogen) atoms. The van der Waals surface area contributed by atoms with E-state index in [-0.39, 0.29) is 37.2 Å². The fourth-order valence-corrected chi connectivity index (χ4v) is 8.03. The van der Waals surface area contributed by atoms with Crippen LogP contribution in [0.4, 0.5) is 4.39 Å². The molecular formula is C51H50Cl2FN3O8. The smallest absolute Gasteiger partial charge is 0.255 e. The monoisotopic (exact) mass is 921 g/mol. The number of nitriles is 1. The zero-order valence-electron chi connectivity index (χ0n) is 36.0. The summed E-state index contributed by atoms with van der Waals surface area (Å²) in [6.07, 6.45) is -4.52. The quantitative estimate of drug-likeness (QED) is 0.110. The van der Waals surface area contributed by atoms with Gasteiger partial charge in [0.05, 0.1) is 23.7 Å². The Morgan fingerprint density at radius 3 is 1.65 bits per heavy atom. The lowest BCUT2D eigenvalue weighted by Gasteiger charge is -2.29. The maximum absolute atomic E-state index is 13.0. The SMILES string of the molecule is CC(C)(C#Cc1ccc(F)cc1)CC(=O)[C@H](O)[C@@H](O)C(=O)N1CCCC1c1cccc(Cl)c1.N#Cc1ccc(C#CCCC(=O)[C@H](O)[C@@H](O)C(=O)N2CCCC2c2cccc(Cl)c2)cc1. The minimum Gasteiger partial charge on any atom is -0.382 e. The van der Waals surface area contributed by atoms with Gasteiger partial charge in [-0.15, -0.1) is 0 Å². The van der Waals surface area contributed by atoms with Gasteiger partial charge >= 0.3 is 0 Å². The van der Waals surface area contributed by atoms with Crippen LogP contribution in [0.2, 0.25) is 10.0 Å². The lowest BCUT2D eigenvalue weighted by atomic mass is 9.85. The van der Waals surface area contributed by atoms with Crippen molar-refractivity contribution < 1.29 is 44.0 Å². The standard InChI is InChI=1S/C26H27ClFNO4.C25H23ClN2O4/c1-26(2,13-12-17-8-10-20(28)11-9-17)16-22(30)23(31)24(32)25(33)29-14-4-7-21(29)18-5-3-6-19(27)15-18;26-20-7-3-6-19(15-20)21-8-4-14-28(21)25(32)24(31)23(30)22(29)9-2-1-5-17-10-12-18(16-27)13-11-17/h3,5-6,8-11,15,21,23-24,31-32H,4,7,14,16H2,1-2H3;3,6-7,10-13,15,21,23-24,30-31H,2,4,8-9,14H2/t2*21?,23-,24+/m00/s1. The van der Waals surface area contributed by atoms with E-state index in [0.717, 1.165) is 24.0 Å². The number of hydrogen-bond acceptors (Lipinski definition) is 9. The predicted molar refractivity (Wildman–Crippen MR) is 243 cm³/mol. The van der Waals surface area contributed by atoms with Crippen molar-refractivity contribution in [2.75, 3.05) is 13.1 Å². The van der Waals surface area contributed by atoms with Crippen molar-refractivity contribution in [2.45, 2.75) is 95.3 Å². The lowest BCUT2D eigenvalue weighted by Crippen LogP contribution is -2.48. The summed E-state index contributed by atoms with van der Waals surface area (Å²) in [6, 6.07) is 28.2. The van der Waals surface area contributed by atoms with E-state index in [1.165, 1.54) is 34.1 Å². The second-order valence-electron chi connectivity index (χ2n) is 16.5. The summed E-state index contributed by atoms with van der Waals surface area (Å²) >= 11 is 12.1. The molecule has 6 atom stereocenters. The minimum atomic E-state index is -1.86. The van der Waals surface area contributed by atoms with Gasteiger partial charge in [0.25, 0.3) is 11.8 Å². The number of halogens is 3. The van der Waals surface area contributed by atoms with Crippen LogP contribution in [0.3, 0.4) is 0 Å². The number of hydrogen-bond donors (Lipinski definition) is 4. The largest absolute Gasteiger partial charge is 0.382 e. The number of carbonyl (C=O) groups is 4. The van der Waals surface area contributed by atoms with Crippen molar-refractivity contribution in [3.8, 4) is 29.8 Å². The summed E-state index contributed by atoms with van der Waals surface area (Å²) in [5.74, 6) is 8.49. The molecule has 0 aromatic heterocycles. The van der Waals surface area contributed by atoms with Crippen LogP contribution in [0.5, 0.6) is 0 Å². The third-order valence-electron chi connectivity index (χ3n) is 11.1. The summed E-state index contributed by atoms with van der Waals surface area (Å²) in [7, 11) is 0. The molecule has 2 saturated heterocycles. The highest BCUT2D eigenvalue weighted by Crippen LogP contribution is 2.35. The Morgan fingerprint density at radius 1 is 0.692 bits per heavy atom. The molecule has 2 aliphatic heterocycles. The normalized spacial score (nSPS) is 17.4. The Bertz CT molecular complexity index is 2500. The Kier molecular flexibility index (Phi) is 18.0. The summed E-state index contributed by atoms with van der Waals surface area (Å²) < 4.78 is 13.0. The van der Waals surface area contributed by atoms with Crippen LogP contribution >= 0.6 is 23.2 Å². The van der Waals surface area contributed by atoms with Gasteiger partial charge in [0.15, 0.2) is 23.8 Å². The zero-order valence-corrected chi connectivity index (χ0v) is 37.5. The van der Waals surface area contributed by atoms with Crippen LogP contribution in [0, 0.1) is 46.2 Å². The molecule has 0 bridgehead atoms. The molecule has 2 amide bonds. The molecule has 0 radical (unpaired) electrons. The Morgan fingerprint density at radius 2 is 1.15 bits per heavy atom. The molecule has 6 rings (SSSR count). The lowest BCUT2D eigenvalue weighted by molar-refractivity contribution is -0.153. The van der Waals surface area contributed by atoms with E-state index in [1.54, 1.807) is 74.5 Å². The Balaban J connectivity index is 0.000000244. The summed E-state index contributed by atoms with van der Waals surface area (Å²) in [5, 5.41) is 51.5. The molecule has 338 valence electrons. The number of likely N-dealkylation sites (tertiary alicyclic amines) is 2. The first-order valence-corrected chi connectivity index (χ1v) is 21.9. The fraction of sp³-hybridized carbons (Fsp3) is 0.353. The number of nitrogens with zero attached hydrogens (tertiary/aromatic N) is 3. The average molecular weight is 923 g/mol. The van der Waals surface area contributed by atoms with E-state index < -0.39 is 53.2 Å². The summed E-state index contributed by atoms with van der Waals surface area (Å²) in [4.78, 5) is 53.7. The average Bonchev–Trinajstić information content (AvgIpc) is 4.00. The molecule has 0 saturated carbocycles. The number of rotatable bonds is 12. The van der Waals surface area contributed by atoms with Crippen LogP contribution in [0.15, 0.2) is 97.1 Å². The molecule has 0 spiro atoms. The first kappa shape index (κ1) is 50.1. The second-order valence-corrected chi connectivity index (χ2v) is 17.4. The van der Waals surface area contributed by atoms with Crippen molar-refractivity contribution in [1.82, 2.24) is 9.80 Å². The molecule has 2 aliphatic rings. The topological polar surface area (TPSA) is 179 Å². The molecule has 2 fully saturated rings. The van der Waals surface area contributed by atoms with E-state index in [2.05, 4.69) is 23.7 Å². The van der Waals surface area contributed by atoms with Gasteiger partial charge in [0.2, 0.25) is 0 Å². The van der Waals surface area contributed by atoms with Gasteiger partial charge in [-0.3, -0.25) is 19.2 Å². The Hall–Kier alpha value is -5.88. The van der Waals surface area contributed by atoms with Crippen molar-refractivity contribution in [3.63, 3.8) is 0 Å². The third kappa shape index (κ3) is 14.1. The zero-order chi connectivity index (χ0) is 47.3. The fourth-order valence-electron chi connectivity index (χ4n) is 7.63. The van der Waals surface area contributed by atoms with Crippen LogP contribution in [-0.4, -0.2) is 91.1 Å². The van der Waals surface area contributed by atoms with Crippen LogP contribution < -0.4 is 0 Å². The van der Waals surface area contributed by atoms with Crippen molar-refractivity contribution in [2.24, 2.45) is 5.41 Å². The Labute approximate surface area is 388 Å². The van der Waals surface area contributed by atoms with Gasteiger partial charge in [-0.25, -0.2) is 4.39 Å². The predicted octanol–water partition coefficient (Wildman–Crippen LogP) is 6.90. The van der Waals surface area contributed by atoms with E-state index in [0.29, 0.717) is 52.7 Å². The van der Waals surface area contributed by atoms with Crippen LogP contribution in [0.1, 0.15) is 98.7 Å². The van der Waals surface area contributed by atoms with Crippen molar-refractivity contribution in [3.05, 3.63) is 141 Å². The summed E-state index contributed by atoms with van der Waals surface area (Å²) in [5.41, 5.74) is 2.70. The van der Waals surface area contributed by atoms with Gasteiger partial charge in [0, 0.05) is 58.9 Å². The number of benzene rings is 4. The molecule has 2 heterocycles. The van der Waals surface area contributed by atoms with Gasteiger partial charge in [-0.2, -0.15) is 5.26 Å². The first-order chi connectivity index (χ1) is 31.0. The van der Waals surface area contributed by atoms with E-state index in [4.69, 9.17) is 28.5 Å². The van der Waals surface area contributed by atoms with Gasteiger partial charge in [-0.05, 0) is 123 Å². The molecule has 4 aromatic carbocycles. The van der Waals surface area contributed by atoms with E-state index in [1.807, 2.05) is 18.2 Å². The third-order valence-corrected chi connectivity index (χ3v) is 11.5. The molecule has 2 unspecified atom stereocenters. The van der Waals surface area contributed by atoms with Gasteiger partial charge in [0.1, 0.15) is 18.0 Å². The minimum absolute atomic E-state index is 0.0908. The number of aliphatic hydroxyl groups is 4. The second kappa shape index (κ2) is 23.3. The highest BCUT2D eigenvalue weighted by molar-refractivity contribution is 6.30. The number of amides is 2. The number of carbonyl (C=O) groups excluding carboxylic acids is 4. The molecule has 0 aliphatic carbocycles. The number of ketones is 2. The molecule has 4 N–H and O–H groups in total. The molecular weight excluding hydrogens is 872 g/mol. The van der Waals surface area contributed by atoms with Crippen LogP contribution in [-0.2, 0) is 19.2 Å². The highest BCUT2D eigenvalue weighted by atomic mass is 35.5. The van der Waals surface area contributed by atoms with Crippen molar-refractivity contribution >= 4 is 46.6 Å². The van der Waals surface area contributed by atoms with Gasteiger partial charge in [-0.1, -0.05) is 71.1 Å². The van der Waals surface area contributed by atoms with E-state index >= 15 is 0 Å². The van der Waals surface area contributed by atoms with Crippen molar-refractivity contribution in [1.29, 1.82) is 5.26 Å².